The van der Waals surface area contributed by atoms with Crippen LogP contribution in [0.25, 0.3) is 0 Å². The van der Waals surface area contributed by atoms with Crippen LogP contribution < -0.4 is 0 Å². The lowest BCUT2D eigenvalue weighted by molar-refractivity contribution is 0.123. The molecule has 0 amide bonds. The van der Waals surface area contributed by atoms with E-state index < -0.39 is 0 Å². The van der Waals surface area contributed by atoms with Gasteiger partial charge in [0.2, 0.25) is 0 Å². The summed E-state index contributed by atoms with van der Waals surface area (Å²) in [5.41, 5.74) is 0. The lowest BCUT2D eigenvalue weighted by Crippen LogP contribution is -2.41. The first-order valence-corrected chi connectivity index (χ1v) is 7.81. The second-order valence-corrected chi connectivity index (χ2v) is 6.74. The normalized spacial score (nSPS) is 20.8. The number of rotatable bonds is 4. The lowest BCUT2D eigenvalue weighted by atomic mass is 10.0. The number of hydrogen-bond donors (Lipinski definition) is 0. The molecule has 0 aliphatic carbocycles. The summed E-state index contributed by atoms with van der Waals surface area (Å²) >= 11 is 7.69. The highest BCUT2D eigenvalue weighted by molar-refractivity contribution is 7.16. The monoisotopic (exact) mass is 296 g/mol. The van der Waals surface area contributed by atoms with E-state index >= 15 is 0 Å². The van der Waals surface area contributed by atoms with Crippen molar-refractivity contribution >= 4 is 22.9 Å². The van der Waals surface area contributed by atoms with Crippen molar-refractivity contribution in [3.63, 3.8) is 0 Å². The molecule has 3 heterocycles. The molecule has 0 N–H and O–H groups in total. The second kappa shape index (κ2) is 6.03. The van der Waals surface area contributed by atoms with Gasteiger partial charge in [-0.15, -0.1) is 11.3 Å². The molecule has 1 atom stereocenters. The van der Waals surface area contributed by atoms with E-state index in [9.17, 15) is 0 Å². The molecular formula is C13H17ClN4S. The van der Waals surface area contributed by atoms with Crippen LogP contribution in [-0.2, 0) is 13.1 Å². The smallest absolute Gasteiger partial charge is 0.137 e. The fraction of sp³-hybridized carbons (Fsp3) is 0.538. The molecule has 3 rings (SSSR count). The van der Waals surface area contributed by atoms with Gasteiger partial charge in [-0.05, 0) is 31.5 Å². The zero-order valence-corrected chi connectivity index (χ0v) is 12.3. The van der Waals surface area contributed by atoms with Crippen LogP contribution >= 0.6 is 22.9 Å². The maximum absolute atomic E-state index is 6.01. The van der Waals surface area contributed by atoms with Gasteiger partial charge >= 0.3 is 0 Å². The van der Waals surface area contributed by atoms with Gasteiger partial charge in [0.15, 0.2) is 0 Å². The molecule has 0 bridgehead atoms. The van der Waals surface area contributed by atoms with Gasteiger partial charge in [-0.25, -0.2) is 4.98 Å². The minimum absolute atomic E-state index is 0.552. The fourth-order valence-corrected chi connectivity index (χ4v) is 3.77. The summed E-state index contributed by atoms with van der Waals surface area (Å²) in [6, 6.07) is 4.67. The van der Waals surface area contributed by atoms with Gasteiger partial charge in [0.25, 0.3) is 0 Å². The van der Waals surface area contributed by atoms with E-state index in [4.69, 9.17) is 11.6 Å². The van der Waals surface area contributed by atoms with Crippen molar-refractivity contribution < 1.29 is 0 Å². The van der Waals surface area contributed by atoms with Crippen LogP contribution in [0.5, 0.6) is 0 Å². The summed E-state index contributed by atoms with van der Waals surface area (Å²) in [7, 11) is 0. The Morgan fingerprint density at radius 1 is 1.37 bits per heavy atom. The van der Waals surface area contributed by atoms with E-state index in [1.54, 1.807) is 24.0 Å². The fourth-order valence-electron chi connectivity index (χ4n) is 2.65. The summed E-state index contributed by atoms with van der Waals surface area (Å²) in [6.45, 7) is 3.09. The summed E-state index contributed by atoms with van der Waals surface area (Å²) < 4.78 is 2.81. The quantitative estimate of drug-likeness (QED) is 0.869. The molecule has 1 saturated heterocycles. The van der Waals surface area contributed by atoms with Crippen LogP contribution in [-0.4, -0.2) is 32.3 Å². The summed E-state index contributed by atoms with van der Waals surface area (Å²) in [5.74, 6) is 0. The molecule has 1 fully saturated rings. The van der Waals surface area contributed by atoms with Gasteiger partial charge in [-0.1, -0.05) is 18.0 Å². The third kappa shape index (κ3) is 3.35. The first-order chi connectivity index (χ1) is 9.31. The van der Waals surface area contributed by atoms with E-state index in [1.165, 1.54) is 24.1 Å². The highest BCUT2D eigenvalue weighted by Gasteiger charge is 2.23. The van der Waals surface area contributed by atoms with Crippen LogP contribution in [0.1, 0.15) is 24.1 Å². The molecule has 0 radical (unpaired) electrons. The molecule has 1 aliphatic rings. The molecule has 6 heteroatoms. The van der Waals surface area contributed by atoms with Crippen LogP contribution in [0.2, 0.25) is 4.34 Å². The number of hydrogen-bond acceptors (Lipinski definition) is 4. The molecule has 0 spiro atoms. The first kappa shape index (κ1) is 13.1. The predicted octanol–water partition coefficient (Wildman–Crippen LogP) is 3.05. The Labute approximate surface area is 122 Å². The Morgan fingerprint density at radius 2 is 2.32 bits per heavy atom. The van der Waals surface area contributed by atoms with Gasteiger partial charge in [0, 0.05) is 17.5 Å². The number of halogens is 1. The molecule has 0 saturated carbocycles. The highest BCUT2D eigenvalue weighted by atomic mass is 35.5. The first-order valence-electron chi connectivity index (χ1n) is 6.62. The summed E-state index contributed by atoms with van der Waals surface area (Å²) in [4.78, 5) is 7.91. The molecule has 4 nitrogen and oxygen atoms in total. The molecule has 2 aromatic heterocycles. The van der Waals surface area contributed by atoms with E-state index in [1.807, 2.05) is 10.7 Å². The van der Waals surface area contributed by atoms with Gasteiger partial charge in [0.1, 0.15) is 12.7 Å². The SMILES string of the molecule is Clc1ccc(CN2CCCC[C@@H]2Cn2cncn2)s1. The van der Waals surface area contributed by atoms with Crippen LogP contribution in [0.4, 0.5) is 0 Å². The average Bonchev–Trinajstić information content (AvgIpc) is 3.04. The van der Waals surface area contributed by atoms with Gasteiger partial charge in [-0.2, -0.15) is 5.10 Å². The van der Waals surface area contributed by atoms with Crippen LogP contribution in [0.15, 0.2) is 24.8 Å². The number of aromatic nitrogens is 3. The van der Waals surface area contributed by atoms with Crippen molar-refractivity contribution in [3.05, 3.63) is 34.0 Å². The van der Waals surface area contributed by atoms with E-state index in [0.717, 1.165) is 24.0 Å². The molecule has 2 aromatic rings. The Hall–Kier alpha value is -0.910. The second-order valence-electron chi connectivity index (χ2n) is 4.94. The highest BCUT2D eigenvalue weighted by Crippen LogP contribution is 2.26. The summed E-state index contributed by atoms with van der Waals surface area (Å²) in [6.07, 6.45) is 7.23. The molecule has 0 unspecified atom stereocenters. The Bertz CT molecular complexity index is 510. The van der Waals surface area contributed by atoms with Crippen molar-refractivity contribution in [2.75, 3.05) is 6.54 Å². The van der Waals surface area contributed by atoms with Crippen molar-refractivity contribution in [3.8, 4) is 0 Å². The molecule has 1 aliphatic heterocycles. The number of thiophene rings is 1. The minimum Gasteiger partial charge on any atom is -0.293 e. The largest absolute Gasteiger partial charge is 0.293 e. The minimum atomic E-state index is 0.552. The molecule has 102 valence electrons. The number of piperidine rings is 1. The molecular weight excluding hydrogens is 280 g/mol. The van der Waals surface area contributed by atoms with Gasteiger partial charge < -0.3 is 0 Å². The van der Waals surface area contributed by atoms with Crippen molar-refractivity contribution in [1.29, 1.82) is 0 Å². The standard InChI is InChI=1S/C13H17ClN4S/c14-13-5-4-12(19-13)8-17-6-2-1-3-11(17)7-18-10-15-9-16-18/h4-5,9-11H,1-3,6-8H2/t11-/m1/s1. The topological polar surface area (TPSA) is 34.0 Å². The lowest BCUT2D eigenvalue weighted by Gasteiger charge is -2.35. The third-order valence-electron chi connectivity index (χ3n) is 3.60. The van der Waals surface area contributed by atoms with Gasteiger partial charge in [0.05, 0.1) is 10.9 Å². The zero-order valence-electron chi connectivity index (χ0n) is 10.7. The molecule has 0 aromatic carbocycles. The maximum atomic E-state index is 6.01. The predicted molar refractivity (Wildman–Crippen MR) is 77.4 cm³/mol. The van der Waals surface area contributed by atoms with Crippen molar-refractivity contribution in [2.45, 2.75) is 38.4 Å². The Kier molecular flexibility index (Phi) is 4.15. The maximum Gasteiger partial charge on any atom is 0.137 e. The summed E-state index contributed by atoms with van der Waals surface area (Å²) in [5, 5.41) is 4.22. The van der Waals surface area contributed by atoms with Crippen molar-refractivity contribution in [2.24, 2.45) is 0 Å². The van der Waals surface area contributed by atoms with Crippen molar-refractivity contribution in [1.82, 2.24) is 19.7 Å². The van der Waals surface area contributed by atoms with E-state index in [-0.39, 0.29) is 0 Å². The Morgan fingerprint density at radius 3 is 3.05 bits per heavy atom. The van der Waals surface area contributed by atoms with Crippen LogP contribution in [0, 0.1) is 0 Å². The average molecular weight is 297 g/mol. The molecule has 19 heavy (non-hydrogen) atoms. The third-order valence-corrected chi connectivity index (χ3v) is 4.82. The van der Waals surface area contributed by atoms with Crippen LogP contribution in [0.3, 0.4) is 0 Å². The van der Waals surface area contributed by atoms with E-state index in [0.29, 0.717) is 6.04 Å². The zero-order chi connectivity index (χ0) is 13.1. The number of nitrogens with zero attached hydrogens (tertiary/aromatic N) is 4. The number of likely N-dealkylation sites (tertiary alicyclic amines) is 1. The van der Waals surface area contributed by atoms with E-state index in [2.05, 4.69) is 21.0 Å². The Balaban J connectivity index is 1.66. The van der Waals surface area contributed by atoms with Gasteiger partial charge in [-0.3, -0.25) is 9.58 Å².